The highest BCUT2D eigenvalue weighted by Crippen LogP contribution is 2.31. The van der Waals surface area contributed by atoms with Crippen LogP contribution in [-0.4, -0.2) is 0 Å². The fourth-order valence-electron chi connectivity index (χ4n) is 5.61. The molecule has 0 N–H and O–H groups in total. The summed E-state index contributed by atoms with van der Waals surface area (Å²) in [6.07, 6.45) is 28.9. The second-order valence-corrected chi connectivity index (χ2v) is 10.8. The van der Waals surface area contributed by atoms with E-state index in [9.17, 15) is 0 Å². The first-order chi connectivity index (χ1) is 16.8. The van der Waals surface area contributed by atoms with Crippen molar-refractivity contribution in [2.24, 2.45) is 0 Å². The molecule has 0 aromatic heterocycles. The molecule has 2 aromatic carbocycles. The number of hydrogen-bond acceptors (Lipinski definition) is 0. The van der Waals surface area contributed by atoms with Crippen LogP contribution >= 0.6 is 0 Å². The third-order valence-corrected chi connectivity index (χ3v) is 7.73. The Morgan fingerprint density at radius 2 is 0.882 bits per heavy atom. The fraction of sp³-hybridized carbons (Fsp3) is 0.706. The van der Waals surface area contributed by atoms with Crippen molar-refractivity contribution in [2.75, 3.05) is 0 Å². The van der Waals surface area contributed by atoms with E-state index in [-0.39, 0.29) is 0 Å². The van der Waals surface area contributed by atoms with E-state index in [0.29, 0.717) is 0 Å². The van der Waals surface area contributed by atoms with Gasteiger partial charge < -0.3 is 0 Å². The average molecular weight is 465 g/mol. The van der Waals surface area contributed by atoms with Crippen molar-refractivity contribution in [1.29, 1.82) is 0 Å². The molecular weight excluding hydrogens is 408 g/mol. The van der Waals surface area contributed by atoms with E-state index in [0.717, 1.165) is 0 Å². The maximum Gasteiger partial charge on any atom is -0.0149 e. The Kier molecular flexibility index (Phi) is 16.1. The molecule has 0 radical (unpaired) electrons. The Bertz CT molecular complexity index is 756. The molecule has 0 nitrogen and oxygen atoms in total. The van der Waals surface area contributed by atoms with Gasteiger partial charge in [-0.3, -0.25) is 0 Å². The van der Waals surface area contributed by atoms with Crippen LogP contribution in [0.5, 0.6) is 0 Å². The maximum atomic E-state index is 2.57. The van der Waals surface area contributed by atoms with E-state index in [2.05, 4.69) is 51.1 Å². The van der Waals surface area contributed by atoms with Crippen LogP contribution in [0, 0.1) is 0 Å². The first-order valence-electron chi connectivity index (χ1n) is 15.3. The summed E-state index contributed by atoms with van der Waals surface area (Å²) < 4.78 is 0. The van der Waals surface area contributed by atoms with Gasteiger partial charge in [-0.2, -0.15) is 0 Å². The van der Waals surface area contributed by atoms with Crippen LogP contribution in [0.2, 0.25) is 0 Å². The summed E-state index contributed by atoms with van der Waals surface area (Å²) in [4.78, 5) is 0. The Labute approximate surface area is 213 Å². The Hall–Kier alpha value is -1.30. The summed E-state index contributed by atoms with van der Waals surface area (Å²) in [5, 5.41) is 3.03. The van der Waals surface area contributed by atoms with Gasteiger partial charge in [0, 0.05) is 0 Å². The van der Waals surface area contributed by atoms with E-state index in [1.54, 1.807) is 22.1 Å². The lowest BCUT2D eigenvalue weighted by Gasteiger charge is -2.19. The van der Waals surface area contributed by atoms with Crippen molar-refractivity contribution in [3.8, 4) is 0 Å². The van der Waals surface area contributed by atoms with Crippen LogP contribution in [0.15, 0.2) is 30.3 Å². The van der Waals surface area contributed by atoms with Gasteiger partial charge in [-0.1, -0.05) is 147 Å². The molecule has 0 aliphatic rings. The standard InChI is InChI=1S/C34H56/c1-4-7-10-13-16-19-24-30-29-31-25-22-23-27-33(31)34(28-21-18-15-12-9-6-3)32(30)26-20-17-14-11-8-5-2/h22-23,25,27,29H,4-21,24,26,28H2,1-3H3. The van der Waals surface area contributed by atoms with Gasteiger partial charge in [0.05, 0.1) is 0 Å². The van der Waals surface area contributed by atoms with Gasteiger partial charge in [-0.15, -0.1) is 0 Å². The van der Waals surface area contributed by atoms with Crippen molar-refractivity contribution in [3.05, 3.63) is 47.0 Å². The third kappa shape index (κ3) is 11.0. The summed E-state index contributed by atoms with van der Waals surface area (Å²) in [5.41, 5.74) is 5.14. The van der Waals surface area contributed by atoms with Gasteiger partial charge in [-0.25, -0.2) is 0 Å². The predicted octanol–water partition coefficient (Wildman–Crippen LogP) is 11.5. The van der Waals surface area contributed by atoms with E-state index < -0.39 is 0 Å². The summed E-state index contributed by atoms with van der Waals surface area (Å²) in [5.74, 6) is 0. The molecule has 0 fully saturated rings. The molecule has 2 aromatic rings. The lowest BCUT2D eigenvalue weighted by molar-refractivity contribution is 0.594. The molecule has 0 spiro atoms. The molecule has 0 amide bonds. The average Bonchev–Trinajstić information content (AvgIpc) is 2.86. The highest BCUT2D eigenvalue weighted by Gasteiger charge is 2.13. The quantitative estimate of drug-likeness (QED) is 0.161. The van der Waals surface area contributed by atoms with Gasteiger partial charge in [0.2, 0.25) is 0 Å². The number of rotatable bonds is 21. The monoisotopic (exact) mass is 464 g/mol. The van der Waals surface area contributed by atoms with E-state index >= 15 is 0 Å². The number of benzene rings is 2. The van der Waals surface area contributed by atoms with Gasteiger partial charge >= 0.3 is 0 Å². The first-order valence-corrected chi connectivity index (χ1v) is 15.3. The summed E-state index contributed by atoms with van der Waals surface area (Å²) in [6.45, 7) is 6.95. The van der Waals surface area contributed by atoms with Gasteiger partial charge in [0.15, 0.2) is 0 Å². The molecule has 2 rings (SSSR count). The van der Waals surface area contributed by atoms with Crippen LogP contribution in [-0.2, 0) is 19.3 Å². The highest BCUT2D eigenvalue weighted by molar-refractivity contribution is 5.88. The van der Waals surface area contributed by atoms with Crippen molar-refractivity contribution in [2.45, 2.75) is 156 Å². The minimum absolute atomic E-state index is 1.28. The van der Waals surface area contributed by atoms with Gasteiger partial charge in [0.1, 0.15) is 0 Å². The topological polar surface area (TPSA) is 0 Å². The molecule has 0 bridgehead atoms. The zero-order valence-electron chi connectivity index (χ0n) is 23.2. The zero-order valence-corrected chi connectivity index (χ0v) is 23.2. The van der Waals surface area contributed by atoms with Crippen molar-refractivity contribution in [1.82, 2.24) is 0 Å². The zero-order chi connectivity index (χ0) is 24.3. The molecule has 0 atom stereocenters. The van der Waals surface area contributed by atoms with Gasteiger partial charge in [0.25, 0.3) is 0 Å². The Morgan fingerprint density at radius 3 is 1.44 bits per heavy atom. The minimum Gasteiger partial charge on any atom is -0.0654 e. The second-order valence-electron chi connectivity index (χ2n) is 10.8. The molecule has 0 saturated heterocycles. The predicted molar refractivity (Wildman–Crippen MR) is 155 cm³/mol. The molecule has 192 valence electrons. The molecule has 0 heteroatoms. The number of unbranched alkanes of at least 4 members (excludes halogenated alkanes) is 15. The number of hydrogen-bond donors (Lipinski definition) is 0. The molecular formula is C34H56. The SMILES string of the molecule is CCCCCCCCc1cc2ccccc2c(CCCCCCCC)c1CCCCCCCC. The van der Waals surface area contributed by atoms with Gasteiger partial charge in [-0.05, 0) is 66.0 Å². The second kappa shape index (κ2) is 19.0. The molecule has 0 heterocycles. The molecule has 0 aliphatic carbocycles. The number of fused-ring (bicyclic) bond motifs is 1. The van der Waals surface area contributed by atoms with Crippen molar-refractivity contribution >= 4 is 10.8 Å². The van der Waals surface area contributed by atoms with Crippen LogP contribution in [0.1, 0.15) is 153 Å². The highest BCUT2D eigenvalue weighted by atomic mass is 14.2. The van der Waals surface area contributed by atoms with Crippen LogP contribution < -0.4 is 0 Å². The van der Waals surface area contributed by atoms with Crippen molar-refractivity contribution in [3.63, 3.8) is 0 Å². The Morgan fingerprint density at radius 1 is 0.441 bits per heavy atom. The number of aryl methyl sites for hydroxylation is 2. The third-order valence-electron chi connectivity index (χ3n) is 7.73. The summed E-state index contributed by atoms with van der Waals surface area (Å²) in [7, 11) is 0. The first kappa shape index (κ1) is 28.9. The largest absolute Gasteiger partial charge is 0.0654 e. The fourth-order valence-corrected chi connectivity index (χ4v) is 5.61. The maximum absolute atomic E-state index is 2.57. The molecule has 0 aliphatic heterocycles. The molecule has 34 heavy (non-hydrogen) atoms. The van der Waals surface area contributed by atoms with Crippen molar-refractivity contribution < 1.29 is 0 Å². The summed E-state index contributed by atoms with van der Waals surface area (Å²) >= 11 is 0. The lowest BCUT2D eigenvalue weighted by Crippen LogP contribution is -2.04. The van der Waals surface area contributed by atoms with Crippen LogP contribution in [0.4, 0.5) is 0 Å². The van der Waals surface area contributed by atoms with E-state index in [4.69, 9.17) is 0 Å². The van der Waals surface area contributed by atoms with E-state index in [1.807, 2.05) is 0 Å². The smallest absolute Gasteiger partial charge is 0.0149 e. The normalized spacial score (nSPS) is 11.5. The van der Waals surface area contributed by atoms with Crippen LogP contribution in [0.25, 0.3) is 10.8 Å². The lowest BCUT2D eigenvalue weighted by atomic mass is 9.86. The molecule has 0 saturated carbocycles. The summed E-state index contributed by atoms with van der Waals surface area (Å²) in [6, 6.07) is 11.8. The van der Waals surface area contributed by atoms with E-state index in [1.165, 1.54) is 140 Å². The minimum atomic E-state index is 1.28. The Balaban J connectivity index is 2.13. The molecule has 0 unspecified atom stereocenters. The van der Waals surface area contributed by atoms with Crippen LogP contribution in [0.3, 0.4) is 0 Å².